The number of hydrogen-bond donors (Lipinski definition) is 0. The van der Waals surface area contributed by atoms with Crippen molar-refractivity contribution in [2.75, 3.05) is 26.3 Å². The molecule has 76 valence electrons. The minimum absolute atomic E-state index is 0.321. The van der Waals surface area contributed by atoms with Crippen LogP contribution in [0.15, 0.2) is 0 Å². The summed E-state index contributed by atoms with van der Waals surface area (Å²) >= 11 is 6.35. The highest BCUT2D eigenvalue weighted by molar-refractivity contribution is 14.1. The van der Waals surface area contributed by atoms with Gasteiger partial charge in [-0.25, -0.2) is 0 Å². The van der Waals surface area contributed by atoms with E-state index < -0.39 is 0 Å². The maximum atomic E-state index is 5.36. The Morgan fingerprint density at radius 2 is 2.08 bits per heavy atom. The lowest BCUT2D eigenvalue weighted by Gasteiger charge is -2.53. The van der Waals surface area contributed by atoms with Crippen LogP contribution in [0.25, 0.3) is 0 Å². The van der Waals surface area contributed by atoms with Crippen LogP contribution in [0.5, 0.6) is 0 Å². The van der Waals surface area contributed by atoms with E-state index in [0.717, 1.165) is 32.2 Å². The van der Waals surface area contributed by atoms with Crippen molar-refractivity contribution in [2.45, 2.75) is 21.7 Å². The van der Waals surface area contributed by atoms with Gasteiger partial charge in [-0.3, -0.25) is 4.90 Å². The van der Waals surface area contributed by atoms with E-state index in [1.54, 1.807) is 0 Å². The van der Waals surface area contributed by atoms with Crippen LogP contribution < -0.4 is 0 Å². The van der Waals surface area contributed by atoms with E-state index in [4.69, 9.17) is 4.74 Å². The lowest BCUT2D eigenvalue weighted by Crippen LogP contribution is -2.61. The van der Waals surface area contributed by atoms with Gasteiger partial charge in [0.15, 0.2) is 0 Å². The van der Waals surface area contributed by atoms with Crippen LogP contribution in [0.4, 0.5) is 0 Å². The topological polar surface area (TPSA) is 12.5 Å². The lowest BCUT2D eigenvalue weighted by atomic mass is 9.79. The quantitative estimate of drug-likeness (QED) is 0.526. The third-order valence-corrected chi connectivity index (χ3v) is 4.88. The molecule has 0 N–H and O–H groups in total. The molecule has 0 amide bonds. The van der Waals surface area contributed by atoms with Gasteiger partial charge in [-0.15, -0.1) is 0 Å². The highest BCUT2D eigenvalue weighted by Gasteiger charge is 2.51. The van der Waals surface area contributed by atoms with E-state index in [-0.39, 0.29) is 0 Å². The van der Waals surface area contributed by atoms with Gasteiger partial charge in [-0.1, -0.05) is 45.4 Å². The second kappa shape index (κ2) is 3.94. The van der Waals surface area contributed by atoms with E-state index >= 15 is 0 Å². The van der Waals surface area contributed by atoms with Crippen molar-refractivity contribution in [2.24, 2.45) is 5.92 Å². The summed E-state index contributed by atoms with van der Waals surface area (Å²) in [6.45, 7) is 6.36. The van der Waals surface area contributed by atoms with E-state index in [1.165, 1.54) is 6.42 Å². The molecule has 0 spiro atoms. The van der Waals surface area contributed by atoms with Crippen LogP contribution in [0.1, 0.15) is 13.3 Å². The van der Waals surface area contributed by atoms with Gasteiger partial charge in [-0.05, 0) is 12.3 Å². The largest absolute Gasteiger partial charge is 0.379 e. The number of hydrogen-bond acceptors (Lipinski definition) is 2. The van der Waals surface area contributed by atoms with Crippen LogP contribution in [-0.2, 0) is 4.74 Å². The number of alkyl halides is 2. The zero-order chi connectivity index (χ0) is 9.47. The molecule has 4 heteroatoms. The Bertz CT molecular complexity index is 194. The fourth-order valence-corrected chi connectivity index (χ4v) is 5.35. The number of rotatable bonds is 1. The smallest absolute Gasteiger partial charge is 0.0929 e. The molecular weight excluding hydrogens is 345 g/mol. The predicted octanol–water partition coefficient (Wildman–Crippen LogP) is 2.25. The highest BCUT2D eigenvalue weighted by atomic mass is 127. The zero-order valence-electron chi connectivity index (χ0n) is 7.80. The summed E-state index contributed by atoms with van der Waals surface area (Å²) in [5.74, 6) is 0.828. The second-order valence-electron chi connectivity index (χ2n) is 4.04. The first-order chi connectivity index (χ1) is 6.11. The Hall–Kier alpha value is 1.13. The van der Waals surface area contributed by atoms with E-state index in [1.807, 2.05) is 0 Å². The zero-order valence-corrected chi connectivity index (χ0v) is 11.5. The molecule has 0 bridgehead atoms. The molecule has 2 fully saturated rings. The van der Waals surface area contributed by atoms with Crippen molar-refractivity contribution in [3.05, 3.63) is 0 Å². The summed E-state index contributed by atoms with van der Waals surface area (Å²) in [6, 6.07) is 0.706. The molecule has 13 heavy (non-hydrogen) atoms. The summed E-state index contributed by atoms with van der Waals surface area (Å²) in [7, 11) is 0. The molecule has 2 nitrogen and oxygen atoms in total. The number of ether oxygens (including phenoxy) is 1. The number of nitrogens with zero attached hydrogens (tertiary/aromatic N) is 1. The molecule has 0 aromatic heterocycles. The van der Waals surface area contributed by atoms with Crippen molar-refractivity contribution in [3.8, 4) is 0 Å². The van der Waals surface area contributed by atoms with Crippen molar-refractivity contribution >= 4 is 38.5 Å². The average Bonchev–Trinajstić information content (AvgIpc) is 2.04. The average molecular weight is 360 g/mol. The van der Waals surface area contributed by atoms with Crippen molar-refractivity contribution in [1.82, 2.24) is 4.90 Å². The van der Waals surface area contributed by atoms with E-state index in [0.29, 0.717) is 8.37 Å². The van der Waals surface area contributed by atoms with Gasteiger partial charge in [0.2, 0.25) is 0 Å². The Kier molecular flexibility index (Phi) is 3.23. The molecule has 1 heterocycles. The predicted molar refractivity (Wildman–Crippen MR) is 65.6 cm³/mol. The minimum Gasteiger partial charge on any atom is -0.379 e. The van der Waals surface area contributed by atoms with Gasteiger partial charge in [0, 0.05) is 19.1 Å². The van der Waals surface area contributed by atoms with Crippen LogP contribution in [0, 0.1) is 5.92 Å². The fraction of sp³-hybridized carbons (Fsp3) is 1.00. The van der Waals surface area contributed by atoms with Gasteiger partial charge in [0.1, 0.15) is 0 Å². The summed E-state index contributed by atoms with van der Waals surface area (Å²) in [5.41, 5.74) is 0. The molecule has 1 aliphatic carbocycles. The minimum atomic E-state index is 0.321. The standard InChI is InChI=1S/C9H15BrINO/c1-7-6-9(10,11)8(7)12-2-4-13-5-3-12/h7-8H,2-6H2,1H3. The molecular formula is C9H15BrINO. The lowest BCUT2D eigenvalue weighted by molar-refractivity contribution is -0.0195. The highest BCUT2D eigenvalue weighted by Crippen LogP contribution is 2.52. The first kappa shape index (κ1) is 10.6. The maximum absolute atomic E-state index is 5.36. The molecule has 1 aliphatic heterocycles. The Balaban J connectivity index is 1.98. The van der Waals surface area contributed by atoms with E-state index in [9.17, 15) is 0 Å². The third kappa shape index (κ3) is 2.06. The molecule has 3 atom stereocenters. The van der Waals surface area contributed by atoms with Crippen LogP contribution in [0.2, 0.25) is 0 Å². The van der Waals surface area contributed by atoms with Gasteiger partial charge in [-0.2, -0.15) is 0 Å². The van der Waals surface area contributed by atoms with Crippen LogP contribution in [-0.4, -0.2) is 39.6 Å². The Morgan fingerprint density at radius 1 is 1.46 bits per heavy atom. The summed E-state index contributed by atoms with van der Waals surface area (Å²) in [6.07, 6.45) is 1.29. The molecule has 1 saturated heterocycles. The molecule has 3 unspecified atom stereocenters. The monoisotopic (exact) mass is 359 g/mol. The van der Waals surface area contributed by atoms with Crippen LogP contribution >= 0.6 is 38.5 Å². The summed E-state index contributed by atoms with van der Waals surface area (Å²) < 4.78 is 5.68. The fourth-order valence-electron chi connectivity index (χ4n) is 2.40. The van der Waals surface area contributed by atoms with Crippen LogP contribution in [0.3, 0.4) is 0 Å². The van der Waals surface area contributed by atoms with Crippen molar-refractivity contribution < 1.29 is 4.74 Å². The van der Waals surface area contributed by atoms with Crippen molar-refractivity contribution in [3.63, 3.8) is 0 Å². The van der Waals surface area contributed by atoms with Gasteiger partial charge in [0.25, 0.3) is 0 Å². The van der Waals surface area contributed by atoms with Gasteiger partial charge < -0.3 is 4.74 Å². The van der Waals surface area contributed by atoms with Gasteiger partial charge in [0.05, 0.1) is 15.5 Å². The molecule has 0 radical (unpaired) electrons. The molecule has 1 saturated carbocycles. The number of halogens is 2. The van der Waals surface area contributed by atoms with Crippen molar-refractivity contribution in [1.29, 1.82) is 0 Å². The summed E-state index contributed by atoms with van der Waals surface area (Å²) in [4.78, 5) is 2.57. The van der Waals surface area contributed by atoms with E-state index in [2.05, 4.69) is 50.3 Å². The molecule has 0 aromatic rings. The number of morpholine rings is 1. The second-order valence-corrected chi connectivity index (χ2v) is 8.86. The Labute approximate surface area is 102 Å². The first-order valence-corrected chi connectivity index (χ1v) is 6.68. The summed E-state index contributed by atoms with van der Waals surface area (Å²) in [5, 5.41) is 0. The maximum Gasteiger partial charge on any atom is 0.0929 e. The normalized spacial score (nSPS) is 47.3. The Morgan fingerprint density at radius 3 is 2.54 bits per heavy atom. The SMILES string of the molecule is CC1CC(Br)(I)C1N1CCOCC1. The first-order valence-electron chi connectivity index (χ1n) is 4.81. The molecule has 0 aromatic carbocycles. The molecule has 2 rings (SSSR count). The third-order valence-electron chi connectivity index (χ3n) is 3.00. The molecule has 2 aliphatic rings. The van der Waals surface area contributed by atoms with Gasteiger partial charge >= 0.3 is 0 Å².